The van der Waals surface area contributed by atoms with Crippen LogP contribution in [0.3, 0.4) is 0 Å². The van der Waals surface area contributed by atoms with E-state index in [1.54, 1.807) is 12.1 Å². The van der Waals surface area contributed by atoms with Gasteiger partial charge in [-0.05, 0) is 35.8 Å². The first-order chi connectivity index (χ1) is 13.8. The van der Waals surface area contributed by atoms with Crippen LogP contribution in [0.25, 0.3) is 0 Å². The Labute approximate surface area is 165 Å². The van der Waals surface area contributed by atoms with Crippen LogP contribution < -0.4 is 15.5 Å². The number of aromatic nitrogens is 2. The molecule has 3 rings (SSSR count). The van der Waals surface area contributed by atoms with Gasteiger partial charge in [0, 0.05) is 11.9 Å². The average molecular weight is 399 g/mol. The third-order valence-corrected chi connectivity index (χ3v) is 3.73. The quantitative estimate of drug-likeness (QED) is 0.522. The molecule has 1 aromatic heterocycles. The first-order valence-electron chi connectivity index (χ1n) is 8.20. The van der Waals surface area contributed by atoms with Gasteiger partial charge in [0.25, 0.3) is 0 Å². The molecular formula is C19H13BF3N3O3. The second kappa shape index (κ2) is 8.21. The number of esters is 1. The van der Waals surface area contributed by atoms with Gasteiger partial charge in [-0.3, -0.25) is 0 Å². The lowest BCUT2D eigenvalue weighted by Gasteiger charge is -2.13. The molecule has 1 heterocycles. The number of para-hydroxylation sites is 1. The van der Waals surface area contributed by atoms with E-state index in [9.17, 15) is 18.0 Å². The zero-order chi connectivity index (χ0) is 21.0. The molecule has 0 amide bonds. The summed E-state index contributed by atoms with van der Waals surface area (Å²) in [4.78, 5) is 19.9. The van der Waals surface area contributed by atoms with Gasteiger partial charge in [-0.25, -0.2) is 9.78 Å². The van der Waals surface area contributed by atoms with Crippen molar-refractivity contribution in [2.24, 2.45) is 0 Å². The van der Waals surface area contributed by atoms with Crippen LogP contribution >= 0.6 is 0 Å². The summed E-state index contributed by atoms with van der Waals surface area (Å²) >= 11 is 0. The van der Waals surface area contributed by atoms with Gasteiger partial charge in [0.2, 0.25) is 11.8 Å². The standard InChI is InChI=1S/C19H13BF3N3O3/c1-28-17(27)13-7-2-3-8-15(13)29-16-14(20)10-24-18(26-16)25-12-6-4-5-11(9-12)19(21,22)23/h2-10H,1H3,(H,24,25,26). The Kier molecular flexibility index (Phi) is 5.72. The fraction of sp³-hybridized carbons (Fsp3) is 0.105. The van der Waals surface area contributed by atoms with E-state index in [0.717, 1.165) is 12.1 Å². The van der Waals surface area contributed by atoms with E-state index in [2.05, 4.69) is 15.3 Å². The molecule has 146 valence electrons. The van der Waals surface area contributed by atoms with Crippen LogP contribution in [0.15, 0.2) is 54.7 Å². The van der Waals surface area contributed by atoms with E-state index in [1.165, 1.54) is 37.6 Å². The number of methoxy groups -OCH3 is 1. The Balaban J connectivity index is 1.88. The minimum Gasteiger partial charge on any atom is -0.465 e. The monoisotopic (exact) mass is 399 g/mol. The topological polar surface area (TPSA) is 73.3 Å². The van der Waals surface area contributed by atoms with E-state index in [4.69, 9.17) is 17.3 Å². The summed E-state index contributed by atoms with van der Waals surface area (Å²) in [7, 11) is 7.06. The van der Waals surface area contributed by atoms with E-state index in [0.29, 0.717) is 0 Å². The summed E-state index contributed by atoms with van der Waals surface area (Å²) in [6.07, 6.45) is -3.25. The minimum absolute atomic E-state index is 0.0379. The molecule has 0 fully saturated rings. The summed E-state index contributed by atoms with van der Waals surface area (Å²) in [6, 6.07) is 10.9. The van der Waals surface area contributed by atoms with E-state index >= 15 is 0 Å². The van der Waals surface area contributed by atoms with Crippen LogP contribution in [0.5, 0.6) is 11.6 Å². The highest BCUT2D eigenvalue weighted by Gasteiger charge is 2.30. The summed E-state index contributed by atoms with van der Waals surface area (Å²) in [5.41, 5.74) is -0.466. The molecular weight excluding hydrogens is 386 g/mol. The van der Waals surface area contributed by atoms with Crippen molar-refractivity contribution in [3.63, 3.8) is 0 Å². The molecule has 6 nitrogen and oxygen atoms in total. The Bertz CT molecular complexity index is 1040. The van der Waals surface area contributed by atoms with Gasteiger partial charge < -0.3 is 14.8 Å². The van der Waals surface area contributed by atoms with E-state index in [-0.39, 0.29) is 34.3 Å². The van der Waals surface area contributed by atoms with Crippen LogP contribution in [0.2, 0.25) is 0 Å². The number of nitrogens with zero attached hydrogens (tertiary/aromatic N) is 2. The smallest absolute Gasteiger partial charge is 0.416 e. The van der Waals surface area contributed by atoms with Crippen LogP contribution in [0.4, 0.5) is 24.8 Å². The van der Waals surface area contributed by atoms with Crippen molar-refractivity contribution in [1.82, 2.24) is 9.97 Å². The van der Waals surface area contributed by atoms with Crippen LogP contribution in [-0.2, 0) is 10.9 Å². The maximum atomic E-state index is 12.9. The molecule has 0 aliphatic carbocycles. The first-order valence-corrected chi connectivity index (χ1v) is 8.20. The lowest BCUT2D eigenvalue weighted by Crippen LogP contribution is -2.13. The zero-order valence-corrected chi connectivity index (χ0v) is 15.0. The number of hydrogen-bond acceptors (Lipinski definition) is 6. The molecule has 0 bridgehead atoms. The van der Waals surface area contributed by atoms with Gasteiger partial charge in [-0.1, -0.05) is 18.2 Å². The highest BCUT2D eigenvalue weighted by atomic mass is 19.4. The average Bonchev–Trinajstić information content (AvgIpc) is 2.70. The third kappa shape index (κ3) is 4.84. The molecule has 1 N–H and O–H groups in total. The molecule has 10 heteroatoms. The van der Waals surface area contributed by atoms with Gasteiger partial charge in [-0.15, -0.1) is 0 Å². The van der Waals surface area contributed by atoms with Gasteiger partial charge >= 0.3 is 12.1 Å². The lowest BCUT2D eigenvalue weighted by molar-refractivity contribution is -0.137. The largest absolute Gasteiger partial charge is 0.465 e. The van der Waals surface area contributed by atoms with Crippen molar-refractivity contribution in [3.05, 3.63) is 65.9 Å². The highest BCUT2D eigenvalue weighted by molar-refractivity contribution is 6.33. The molecule has 0 aliphatic rings. The molecule has 0 aliphatic heterocycles. The predicted octanol–water partition coefficient (Wildman–Crippen LogP) is 3.61. The molecule has 0 spiro atoms. The predicted molar refractivity (Wildman–Crippen MR) is 100 cm³/mol. The normalized spacial score (nSPS) is 11.0. The molecule has 29 heavy (non-hydrogen) atoms. The summed E-state index contributed by atoms with van der Waals surface area (Å²) in [6.45, 7) is 0. The highest BCUT2D eigenvalue weighted by Crippen LogP contribution is 2.31. The Morgan fingerprint density at radius 3 is 2.62 bits per heavy atom. The summed E-state index contributed by atoms with van der Waals surface area (Å²) < 4.78 is 48.9. The Morgan fingerprint density at radius 2 is 1.90 bits per heavy atom. The molecule has 3 aromatic rings. The van der Waals surface area contributed by atoms with Crippen molar-refractivity contribution < 1.29 is 27.4 Å². The molecule has 0 saturated carbocycles. The first kappa shape index (κ1) is 20.2. The van der Waals surface area contributed by atoms with Crippen LogP contribution in [-0.4, -0.2) is 30.9 Å². The van der Waals surface area contributed by atoms with Crippen LogP contribution in [0.1, 0.15) is 15.9 Å². The van der Waals surface area contributed by atoms with Gasteiger partial charge in [0.15, 0.2) is 0 Å². The number of nitrogens with one attached hydrogen (secondary N) is 1. The fourth-order valence-corrected chi connectivity index (χ4v) is 2.36. The van der Waals surface area contributed by atoms with Gasteiger partial charge in [0.1, 0.15) is 19.2 Å². The maximum Gasteiger partial charge on any atom is 0.416 e. The molecule has 0 atom stereocenters. The number of carbonyl (C=O) groups excluding carboxylic acids is 1. The van der Waals surface area contributed by atoms with Gasteiger partial charge in [0.05, 0.1) is 12.7 Å². The van der Waals surface area contributed by atoms with Crippen LogP contribution in [0, 0.1) is 0 Å². The Morgan fingerprint density at radius 1 is 1.14 bits per heavy atom. The molecule has 2 radical (unpaired) electrons. The molecule has 2 aromatic carbocycles. The number of hydrogen-bond donors (Lipinski definition) is 1. The number of ether oxygens (including phenoxy) is 2. The summed E-state index contributed by atoms with van der Waals surface area (Å²) in [5, 5.41) is 2.67. The molecule has 0 saturated heterocycles. The zero-order valence-electron chi connectivity index (χ0n) is 15.0. The van der Waals surface area contributed by atoms with E-state index in [1.807, 2.05) is 0 Å². The SMILES string of the molecule is [B]c1cnc(Nc2cccc(C(F)(F)F)c2)nc1Oc1ccccc1C(=O)OC. The second-order valence-corrected chi connectivity index (χ2v) is 5.75. The van der Waals surface area contributed by atoms with Crippen molar-refractivity contribution in [2.45, 2.75) is 6.18 Å². The number of halogens is 3. The number of benzene rings is 2. The van der Waals surface area contributed by atoms with Crippen molar-refractivity contribution in [2.75, 3.05) is 12.4 Å². The van der Waals surface area contributed by atoms with Crippen molar-refractivity contribution >= 4 is 30.9 Å². The number of anilines is 2. The van der Waals surface area contributed by atoms with Crippen molar-refractivity contribution in [1.29, 1.82) is 0 Å². The van der Waals surface area contributed by atoms with Crippen molar-refractivity contribution in [3.8, 4) is 11.6 Å². The van der Waals surface area contributed by atoms with E-state index < -0.39 is 17.7 Å². The minimum atomic E-state index is -4.48. The Hall–Kier alpha value is -3.56. The second-order valence-electron chi connectivity index (χ2n) is 5.75. The third-order valence-electron chi connectivity index (χ3n) is 3.73. The summed E-state index contributed by atoms with van der Waals surface area (Å²) in [5.74, 6) is -0.583. The number of rotatable bonds is 5. The maximum absolute atomic E-state index is 12.9. The number of carbonyl (C=O) groups is 1. The molecule has 0 unspecified atom stereocenters. The number of alkyl halides is 3. The fourth-order valence-electron chi connectivity index (χ4n) is 2.36. The van der Waals surface area contributed by atoms with Gasteiger partial charge in [-0.2, -0.15) is 18.2 Å². The lowest BCUT2D eigenvalue weighted by atomic mass is 10.00.